The summed E-state index contributed by atoms with van der Waals surface area (Å²) >= 11 is 0. The Balaban J connectivity index is 2.02. The van der Waals surface area contributed by atoms with Crippen molar-refractivity contribution in [3.8, 4) is 11.5 Å². The molecular weight excluding hydrogens is 412 g/mol. The van der Waals surface area contributed by atoms with Gasteiger partial charge in [0.1, 0.15) is 0 Å². The van der Waals surface area contributed by atoms with Gasteiger partial charge in [-0.25, -0.2) is 0 Å². The van der Waals surface area contributed by atoms with E-state index in [0.717, 1.165) is 13.0 Å². The van der Waals surface area contributed by atoms with Crippen LogP contribution in [-0.4, -0.2) is 67.5 Å². The minimum Gasteiger partial charge on any atom is -0.503 e. The van der Waals surface area contributed by atoms with Crippen LogP contribution in [0, 0.1) is 0 Å². The summed E-state index contributed by atoms with van der Waals surface area (Å²) in [6.45, 7) is 3.68. The third-order valence-electron chi connectivity index (χ3n) is 5.26. The van der Waals surface area contributed by atoms with Gasteiger partial charge >= 0.3 is 0 Å². The van der Waals surface area contributed by atoms with Crippen LogP contribution in [0.2, 0.25) is 0 Å². The summed E-state index contributed by atoms with van der Waals surface area (Å²) in [4.78, 5) is 29.7. The summed E-state index contributed by atoms with van der Waals surface area (Å²) < 4.78 is 16.5. The Bertz CT molecular complexity index is 980. The molecule has 1 N–H and O–H groups in total. The SMILES string of the molecule is CCCOc1ccc([C@@H]2C(C(=O)c3ccco3)=C(O)C(=O)N2CCCN(C)C)cc1OC. The second-order valence-corrected chi connectivity index (χ2v) is 7.89. The number of benzene rings is 1. The lowest BCUT2D eigenvalue weighted by atomic mass is 9.94. The molecular formula is C24H30N2O6. The van der Waals surface area contributed by atoms with Crippen LogP contribution in [0.3, 0.4) is 0 Å². The Labute approximate surface area is 188 Å². The summed E-state index contributed by atoms with van der Waals surface area (Å²) in [6.07, 6.45) is 2.91. The number of hydrogen-bond acceptors (Lipinski definition) is 7. The normalized spacial score (nSPS) is 16.2. The molecule has 0 saturated carbocycles. The van der Waals surface area contributed by atoms with Crippen molar-refractivity contribution in [2.45, 2.75) is 25.8 Å². The largest absolute Gasteiger partial charge is 0.503 e. The van der Waals surface area contributed by atoms with E-state index < -0.39 is 23.5 Å². The molecule has 8 heteroatoms. The Hall–Kier alpha value is -3.26. The molecule has 0 saturated heterocycles. The predicted octanol–water partition coefficient (Wildman–Crippen LogP) is 3.61. The molecule has 1 atom stereocenters. The molecule has 172 valence electrons. The number of carbonyl (C=O) groups is 2. The summed E-state index contributed by atoms with van der Waals surface area (Å²) in [5, 5.41) is 10.7. The zero-order chi connectivity index (χ0) is 23.3. The molecule has 0 unspecified atom stereocenters. The van der Waals surface area contributed by atoms with Crippen molar-refractivity contribution < 1.29 is 28.6 Å². The van der Waals surface area contributed by atoms with Crippen molar-refractivity contribution in [1.29, 1.82) is 0 Å². The minimum absolute atomic E-state index is 0.000849. The summed E-state index contributed by atoms with van der Waals surface area (Å²) in [5.74, 6) is -0.511. The quantitative estimate of drug-likeness (QED) is 0.532. The van der Waals surface area contributed by atoms with Crippen LogP contribution < -0.4 is 9.47 Å². The number of methoxy groups -OCH3 is 1. The number of carbonyl (C=O) groups excluding carboxylic acids is 2. The number of hydrogen-bond donors (Lipinski definition) is 1. The maximum Gasteiger partial charge on any atom is 0.290 e. The molecule has 1 aliphatic rings. The molecule has 0 bridgehead atoms. The Morgan fingerprint density at radius 1 is 1.25 bits per heavy atom. The van der Waals surface area contributed by atoms with Gasteiger partial charge < -0.3 is 28.8 Å². The lowest BCUT2D eigenvalue weighted by Gasteiger charge is -2.27. The van der Waals surface area contributed by atoms with Crippen LogP contribution in [0.1, 0.15) is 41.9 Å². The highest BCUT2D eigenvalue weighted by Crippen LogP contribution is 2.41. The lowest BCUT2D eigenvalue weighted by molar-refractivity contribution is -0.129. The van der Waals surface area contributed by atoms with Crippen molar-refractivity contribution in [1.82, 2.24) is 9.80 Å². The molecule has 1 aromatic carbocycles. The Morgan fingerprint density at radius 3 is 2.66 bits per heavy atom. The molecule has 8 nitrogen and oxygen atoms in total. The van der Waals surface area contributed by atoms with Crippen LogP contribution in [0.15, 0.2) is 52.3 Å². The topological polar surface area (TPSA) is 92.5 Å². The third kappa shape index (κ3) is 4.80. The van der Waals surface area contributed by atoms with Gasteiger partial charge in [-0.05, 0) is 63.3 Å². The standard InChI is InChI=1S/C24H30N2O6/c1-5-13-31-17-10-9-16(15-19(17)30-4)21-20(22(27)18-8-6-14-32-18)23(28)24(29)26(21)12-7-11-25(2)3/h6,8-10,14-15,21,28H,5,7,11-13H2,1-4H3/t21-/m1/s1. The predicted molar refractivity (Wildman–Crippen MR) is 119 cm³/mol. The van der Waals surface area contributed by atoms with E-state index in [1.54, 1.807) is 24.3 Å². The smallest absolute Gasteiger partial charge is 0.290 e. The first-order valence-corrected chi connectivity index (χ1v) is 10.7. The number of amides is 1. The molecule has 1 aromatic heterocycles. The molecule has 0 spiro atoms. The first kappa shape index (κ1) is 23.4. The van der Waals surface area contributed by atoms with Crippen molar-refractivity contribution in [2.75, 3.05) is 40.9 Å². The summed E-state index contributed by atoms with van der Waals surface area (Å²) in [7, 11) is 5.43. The highest BCUT2D eigenvalue weighted by molar-refractivity contribution is 6.15. The molecule has 0 aliphatic carbocycles. The first-order valence-electron chi connectivity index (χ1n) is 10.7. The van der Waals surface area contributed by atoms with Gasteiger partial charge in [0.15, 0.2) is 23.0 Å². The van der Waals surface area contributed by atoms with Crippen LogP contribution in [0.5, 0.6) is 11.5 Å². The van der Waals surface area contributed by atoms with E-state index in [9.17, 15) is 14.7 Å². The fourth-order valence-electron chi connectivity index (χ4n) is 3.75. The van der Waals surface area contributed by atoms with Crippen LogP contribution >= 0.6 is 0 Å². The molecule has 1 amide bonds. The molecule has 0 fully saturated rings. The van der Waals surface area contributed by atoms with Gasteiger partial charge in [0.2, 0.25) is 5.78 Å². The van der Waals surface area contributed by atoms with Crippen LogP contribution in [0.25, 0.3) is 0 Å². The van der Waals surface area contributed by atoms with E-state index in [0.29, 0.717) is 36.6 Å². The van der Waals surface area contributed by atoms with Crippen LogP contribution in [-0.2, 0) is 4.79 Å². The van der Waals surface area contributed by atoms with Crippen molar-refractivity contribution >= 4 is 11.7 Å². The number of furan rings is 1. The number of aliphatic hydroxyl groups is 1. The van der Waals surface area contributed by atoms with Crippen LogP contribution in [0.4, 0.5) is 0 Å². The average molecular weight is 443 g/mol. The highest BCUT2D eigenvalue weighted by Gasteiger charge is 2.44. The third-order valence-corrected chi connectivity index (χ3v) is 5.26. The fourth-order valence-corrected chi connectivity index (χ4v) is 3.75. The first-order chi connectivity index (χ1) is 15.4. The number of Topliss-reactive ketones (excluding diaryl/α,β-unsaturated/α-hetero) is 1. The molecule has 2 aromatic rings. The number of rotatable bonds is 11. The maximum absolute atomic E-state index is 13.2. The second-order valence-electron chi connectivity index (χ2n) is 7.89. The number of ketones is 1. The molecule has 0 radical (unpaired) electrons. The van der Waals surface area contributed by atoms with Gasteiger partial charge in [0.05, 0.1) is 31.6 Å². The van der Waals surface area contributed by atoms with Gasteiger partial charge in [-0.3, -0.25) is 9.59 Å². The number of aliphatic hydroxyl groups excluding tert-OH is 1. The molecule has 1 aliphatic heterocycles. The minimum atomic E-state index is -0.767. The Kier molecular flexibility index (Phi) is 7.58. The molecule has 3 rings (SSSR count). The van der Waals surface area contributed by atoms with Gasteiger partial charge in [-0.15, -0.1) is 0 Å². The Morgan fingerprint density at radius 2 is 2.03 bits per heavy atom. The zero-order valence-corrected chi connectivity index (χ0v) is 19.0. The molecule has 32 heavy (non-hydrogen) atoms. The lowest BCUT2D eigenvalue weighted by Crippen LogP contribution is -2.33. The van der Waals surface area contributed by atoms with E-state index >= 15 is 0 Å². The van der Waals surface area contributed by atoms with Gasteiger partial charge in [-0.2, -0.15) is 0 Å². The van der Waals surface area contributed by atoms with E-state index in [1.165, 1.54) is 24.3 Å². The molecule has 2 heterocycles. The average Bonchev–Trinajstić information content (AvgIpc) is 3.40. The highest BCUT2D eigenvalue weighted by atomic mass is 16.5. The van der Waals surface area contributed by atoms with Crippen molar-refractivity contribution in [3.05, 3.63) is 59.3 Å². The van der Waals surface area contributed by atoms with Gasteiger partial charge in [0, 0.05) is 6.54 Å². The van der Waals surface area contributed by atoms with Crippen molar-refractivity contribution in [2.24, 2.45) is 0 Å². The van der Waals surface area contributed by atoms with E-state index in [2.05, 4.69) is 0 Å². The van der Waals surface area contributed by atoms with E-state index in [4.69, 9.17) is 13.9 Å². The van der Waals surface area contributed by atoms with Crippen molar-refractivity contribution in [3.63, 3.8) is 0 Å². The zero-order valence-electron chi connectivity index (χ0n) is 19.0. The summed E-state index contributed by atoms with van der Waals surface area (Å²) in [6, 6.07) is 7.64. The maximum atomic E-state index is 13.2. The van der Waals surface area contributed by atoms with E-state index in [1.807, 2.05) is 25.9 Å². The monoisotopic (exact) mass is 442 g/mol. The summed E-state index contributed by atoms with van der Waals surface area (Å²) in [5.41, 5.74) is 0.641. The van der Waals surface area contributed by atoms with E-state index in [-0.39, 0.29) is 11.3 Å². The van der Waals surface area contributed by atoms with Gasteiger partial charge in [0.25, 0.3) is 5.91 Å². The number of nitrogens with zero attached hydrogens (tertiary/aromatic N) is 2. The fraction of sp³-hybridized carbons (Fsp3) is 0.417. The number of ether oxygens (including phenoxy) is 2. The van der Waals surface area contributed by atoms with Gasteiger partial charge in [-0.1, -0.05) is 13.0 Å². The second kappa shape index (κ2) is 10.4.